The van der Waals surface area contributed by atoms with Crippen molar-refractivity contribution in [2.45, 2.75) is 6.42 Å². The highest BCUT2D eigenvalue weighted by molar-refractivity contribution is 6.11. The normalized spacial score (nSPS) is 21.2. The SMILES string of the molecule is N/C(=C1/CCN(C(=O)c2ccccc2)C1=O)N1CCOCC1. The Kier molecular flexibility index (Phi) is 4.11. The third-order valence-corrected chi connectivity index (χ3v) is 4.02. The molecule has 6 nitrogen and oxygen atoms in total. The van der Waals surface area contributed by atoms with Crippen molar-refractivity contribution >= 4 is 11.8 Å². The van der Waals surface area contributed by atoms with Gasteiger partial charge in [0.2, 0.25) is 0 Å². The van der Waals surface area contributed by atoms with Crippen molar-refractivity contribution in [3.63, 3.8) is 0 Å². The summed E-state index contributed by atoms with van der Waals surface area (Å²) < 4.78 is 5.29. The van der Waals surface area contributed by atoms with Crippen molar-refractivity contribution in [3.05, 3.63) is 47.3 Å². The van der Waals surface area contributed by atoms with Gasteiger partial charge in [-0.25, -0.2) is 0 Å². The highest BCUT2D eigenvalue weighted by Crippen LogP contribution is 2.23. The molecule has 1 aromatic rings. The fraction of sp³-hybridized carbons (Fsp3) is 0.375. The second kappa shape index (κ2) is 6.19. The minimum absolute atomic E-state index is 0.268. The summed E-state index contributed by atoms with van der Waals surface area (Å²) in [5, 5.41) is 0. The van der Waals surface area contributed by atoms with Gasteiger partial charge in [-0.3, -0.25) is 14.5 Å². The molecular formula is C16H19N3O3. The molecule has 2 saturated heterocycles. The van der Waals surface area contributed by atoms with Gasteiger partial charge in [0.15, 0.2) is 0 Å². The Morgan fingerprint density at radius 3 is 2.45 bits per heavy atom. The van der Waals surface area contributed by atoms with Crippen LogP contribution in [0.3, 0.4) is 0 Å². The number of likely N-dealkylation sites (tertiary alicyclic amines) is 1. The molecule has 0 saturated carbocycles. The van der Waals surface area contributed by atoms with E-state index in [9.17, 15) is 9.59 Å². The van der Waals surface area contributed by atoms with Gasteiger partial charge < -0.3 is 15.4 Å². The topological polar surface area (TPSA) is 75.9 Å². The fourth-order valence-corrected chi connectivity index (χ4v) is 2.76. The molecule has 0 unspecified atom stereocenters. The van der Waals surface area contributed by atoms with Crippen LogP contribution in [0.5, 0.6) is 0 Å². The number of rotatable bonds is 2. The van der Waals surface area contributed by atoms with E-state index in [4.69, 9.17) is 10.5 Å². The van der Waals surface area contributed by atoms with E-state index in [-0.39, 0.29) is 11.8 Å². The number of nitrogens with two attached hydrogens (primary N) is 1. The molecule has 2 amide bonds. The lowest BCUT2D eigenvalue weighted by Crippen LogP contribution is -2.40. The van der Waals surface area contributed by atoms with Gasteiger partial charge in [0, 0.05) is 25.2 Å². The minimum atomic E-state index is -0.280. The van der Waals surface area contributed by atoms with Crippen LogP contribution in [0.25, 0.3) is 0 Å². The number of benzene rings is 1. The van der Waals surface area contributed by atoms with E-state index < -0.39 is 0 Å². The van der Waals surface area contributed by atoms with Gasteiger partial charge in [0.1, 0.15) is 5.82 Å². The predicted molar refractivity (Wildman–Crippen MR) is 80.7 cm³/mol. The van der Waals surface area contributed by atoms with E-state index in [0.717, 1.165) is 0 Å². The van der Waals surface area contributed by atoms with Gasteiger partial charge >= 0.3 is 0 Å². The largest absolute Gasteiger partial charge is 0.385 e. The Hall–Kier alpha value is -2.34. The second-order valence-corrected chi connectivity index (χ2v) is 5.34. The molecule has 1 aromatic carbocycles. The molecule has 22 heavy (non-hydrogen) atoms. The van der Waals surface area contributed by atoms with Crippen LogP contribution in [-0.4, -0.2) is 54.5 Å². The Morgan fingerprint density at radius 1 is 1.09 bits per heavy atom. The third-order valence-electron chi connectivity index (χ3n) is 4.02. The maximum absolute atomic E-state index is 12.5. The molecule has 0 radical (unpaired) electrons. The molecule has 0 aromatic heterocycles. The minimum Gasteiger partial charge on any atom is -0.385 e. The summed E-state index contributed by atoms with van der Waals surface area (Å²) in [5.41, 5.74) is 7.19. The van der Waals surface area contributed by atoms with Gasteiger partial charge in [-0.2, -0.15) is 0 Å². The molecule has 3 rings (SSSR count). The number of hydrogen-bond donors (Lipinski definition) is 1. The molecule has 2 heterocycles. The van der Waals surface area contributed by atoms with Crippen molar-refractivity contribution in [2.75, 3.05) is 32.8 Å². The van der Waals surface area contributed by atoms with E-state index in [0.29, 0.717) is 56.2 Å². The molecule has 2 fully saturated rings. The quantitative estimate of drug-likeness (QED) is 0.638. The zero-order valence-electron chi connectivity index (χ0n) is 12.3. The van der Waals surface area contributed by atoms with Gasteiger partial charge in [-0.15, -0.1) is 0 Å². The van der Waals surface area contributed by atoms with Crippen LogP contribution in [0.15, 0.2) is 41.7 Å². The highest BCUT2D eigenvalue weighted by Gasteiger charge is 2.34. The highest BCUT2D eigenvalue weighted by atomic mass is 16.5. The van der Waals surface area contributed by atoms with Crippen LogP contribution in [0.2, 0.25) is 0 Å². The molecule has 0 spiro atoms. The number of hydrogen-bond acceptors (Lipinski definition) is 5. The molecule has 2 aliphatic heterocycles. The Bertz CT molecular complexity index is 606. The summed E-state index contributed by atoms with van der Waals surface area (Å²) in [6, 6.07) is 8.83. The summed E-state index contributed by atoms with van der Waals surface area (Å²) in [7, 11) is 0. The molecule has 6 heteroatoms. The van der Waals surface area contributed by atoms with Gasteiger partial charge in [-0.1, -0.05) is 18.2 Å². The Labute approximate surface area is 129 Å². The van der Waals surface area contributed by atoms with Crippen LogP contribution in [0, 0.1) is 0 Å². The number of nitrogens with zero attached hydrogens (tertiary/aromatic N) is 2. The van der Waals surface area contributed by atoms with E-state index in [1.54, 1.807) is 24.3 Å². The monoisotopic (exact) mass is 301 g/mol. The van der Waals surface area contributed by atoms with Crippen LogP contribution in [0.1, 0.15) is 16.8 Å². The molecular weight excluding hydrogens is 282 g/mol. The van der Waals surface area contributed by atoms with Gasteiger partial charge in [0.05, 0.1) is 18.8 Å². The summed E-state index contributed by atoms with van der Waals surface area (Å²) in [5.74, 6) is -0.0649. The van der Waals surface area contributed by atoms with E-state index >= 15 is 0 Å². The molecule has 2 N–H and O–H groups in total. The number of imide groups is 1. The third kappa shape index (κ3) is 2.69. The van der Waals surface area contributed by atoms with Crippen LogP contribution in [0.4, 0.5) is 0 Å². The maximum atomic E-state index is 12.5. The Balaban J connectivity index is 1.78. The maximum Gasteiger partial charge on any atom is 0.260 e. The zero-order valence-corrected chi connectivity index (χ0v) is 12.3. The van der Waals surface area contributed by atoms with Crippen LogP contribution < -0.4 is 5.73 Å². The summed E-state index contributed by atoms with van der Waals surface area (Å²) >= 11 is 0. The molecule has 0 atom stereocenters. The average molecular weight is 301 g/mol. The van der Waals surface area contributed by atoms with Gasteiger partial charge in [-0.05, 0) is 18.6 Å². The molecule has 0 aliphatic carbocycles. The number of amides is 2. The van der Waals surface area contributed by atoms with Gasteiger partial charge in [0.25, 0.3) is 11.8 Å². The van der Waals surface area contributed by atoms with Crippen molar-refractivity contribution < 1.29 is 14.3 Å². The van der Waals surface area contributed by atoms with Crippen molar-refractivity contribution in [3.8, 4) is 0 Å². The lowest BCUT2D eigenvalue weighted by molar-refractivity contribution is -0.122. The predicted octanol–water partition coefficient (Wildman–Crippen LogP) is 0.562. The fourth-order valence-electron chi connectivity index (χ4n) is 2.76. The first-order valence-corrected chi connectivity index (χ1v) is 7.41. The first-order chi connectivity index (χ1) is 10.7. The van der Waals surface area contributed by atoms with Crippen LogP contribution >= 0.6 is 0 Å². The average Bonchev–Trinajstić information content (AvgIpc) is 2.96. The first kappa shape index (κ1) is 14.6. The zero-order chi connectivity index (χ0) is 15.5. The lowest BCUT2D eigenvalue weighted by atomic mass is 10.2. The number of morpholine rings is 1. The molecule has 2 aliphatic rings. The van der Waals surface area contributed by atoms with E-state index in [2.05, 4.69) is 0 Å². The van der Waals surface area contributed by atoms with Crippen molar-refractivity contribution in [1.29, 1.82) is 0 Å². The Morgan fingerprint density at radius 2 is 1.77 bits per heavy atom. The first-order valence-electron chi connectivity index (χ1n) is 7.41. The molecule has 0 bridgehead atoms. The lowest BCUT2D eigenvalue weighted by Gasteiger charge is -2.29. The standard InChI is InChI=1S/C16H19N3O3/c17-14(18-8-10-22-11-9-18)13-6-7-19(16(13)21)15(20)12-4-2-1-3-5-12/h1-5H,6-11,17H2/b14-13+. The van der Waals surface area contributed by atoms with Crippen LogP contribution in [-0.2, 0) is 9.53 Å². The van der Waals surface area contributed by atoms with Crippen molar-refractivity contribution in [1.82, 2.24) is 9.80 Å². The number of carbonyl (C=O) groups excluding carboxylic acids is 2. The summed E-state index contributed by atoms with van der Waals surface area (Å²) in [4.78, 5) is 28.2. The summed E-state index contributed by atoms with van der Waals surface area (Å²) in [6.45, 7) is 2.95. The number of carbonyl (C=O) groups is 2. The smallest absolute Gasteiger partial charge is 0.260 e. The number of ether oxygens (including phenoxy) is 1. The van der Waals surface area contributed by atoms with E-state index in [1.807, 2.05) is 11.0 Å². The van der Waals surface area contributed by atoms with E-state index in [1.165, 1.54) is 4.90 Å². The van der Waals surface area contributed by atoms with Crippen molar-refractivity contribution in [2.24, 2.45) is 5.73 Å². The summed E-state index contributed by atoms with van der Waals surface area (Å²) in [6.07, 6.45) is 0.501. The second-order valence-electron chi connectivity index (χ2n) is 5.34. The molecule has 116 valence electrons.